The largest absolute Gasteiger partial charge is 0.370 e. The van der Waals surface area contributed by atoms with Crippen LogP contribution < -0.4 is 22.1 Å². The molecule has 5 rings (SSSR count). The fraction of sp³-hybridized carbons (Fsp3) is 0.270. The molecule has 0 bridgehead atoms. The number of aliphatic imine (C=N–C) groups is 1. The van der Waals surface area contributed by atoms with Gasteiger partial charge in [0.25, 0.3) is 5.91 Å². The standard InChI is InChI=1S/C33H33N3O2.C4H11N3/c37-32-23-34-30(22-35-33(38)29-18-16-26(17-19-29)25-10-4-1-5-11-25)20-21-36(32)24-31(27-12-6-2-7-13-27)28-14-8-3-9-15-28;1-2-3-7-4(5)6/h1-19,30-31,34H,20-24H2,(H,35,38);2-3H2,1H3,(H4,5,6,7). The second-order valence-corrected chi connectivity index (χ2v) is 11.0. The number of hydrogen-bond donors (Lipinski definition) is 4. The van der Waals surface area contributed by atoms with Crippen LogP contribution >= 0.6 is 0 Å². The molecule has 0 aliphatic carbocycles. The SMILES string of the molecule is CCCN=C(N)N.O=C(NCC1CCN(CC(c2ccccc2)c2ccccc2)C(=O)CN1)c1ccc(-c2ccccc2)cc1. The highest BCUT2D eigenvalue weighted by atomic mass is 16.2. The molecule has 8 heteroatoms. The van der Waals surface area contributed by atoms with Crippen molar-refractivity contribution in [1.29, 1.82) is 0 Å². The Kier molecular flexibility index (Phi) is 12.7. The molecule has 4 aromatic carbocycles. The maximum atomic E-state index is 13.0. The van der Waals surface area contributed by atoms with Gasteiger partial charge in [0.1, 0.15) is 0 Å². The lowest BCUT2D eigenvalue weighted by Gasteiger charge is -2.27. The normalized spacial score (nSPS) is 14.6. The third-order valence-corrected chi connectivity index (χ3v) is 7.73. The number of nitrogens with one attached hydrogen (secondary N) is 2. The van der Waals surface area contributed by atoms with Crippen LogP contribution in [0.25, 0.3) is 11.1 Å². The van der Waals surface area contributed by atoms with E-state index in [4.69, 9.17) is 11.5 Å². The van der Waals surface area contributed by atoms with Crippen molar-refractivity contribution in [3.63, 3.8) is 0 Å². The van der Waals surface area contributed by atoms with E-state index in [-0.39, 0.29) is 36.3 Å². The second-order valence-electron chi connectivity index (χ2n) is 11.0. The van der Waals surface area contributed by atoms with Gasteiger partial charge in [0, 0.05) is 43.7 Å². The predicted octanol–water partition coefficient (Wildman–Crippen LogP) is 4.78. The highest BCUT2D eigenvalue weighted by molar-refractivity contribution is 5.94. The van der Waals surface area contributed by atoms with Crippen molar-refractivity contribution >= 4 is 17.8 Å². The van der Waals surface area contributed by atoms with Gasteiger partial charge in [-0.2, -0.15) is 0 Å². The molecule has 1 heterocycles. The second kappa shape index (κ2) is 17.4. The molecule has 1 fully saturated rings. The molecule has 45 heavy (non-hydrogen) atoms. The number of amides is 2. The van der Waals surface area contributed by atoms with Crippen LogP contribution in [-0.4, -0.2) is 61.4 Å². The Morgan fingerprint density at radius 3 is 1.96 bits per heavy atom. The molecule has 1 aliphatic heterocycles. The summed E-state index contributed by atoms with van der Waals surface area (Å²) in [6, 6.07) is 38.5. The zero-order chi connectivity index (χ0) is 31.9. The fourth-order valence-corrected chi connectivity index (χ4v) is 5.25. The minimum absolute atomic E-state index is 0.0309. The number of carbonyl (C=O) groups is 2. The van der Waals surface area contributed by atoms with Gasteiger partial charge in [0.15, 0.2) is 5.96 Å². The summed E-state index contributed by atoms with van der Waals surface area (Å²) in [5.41, 5.74) is 15.2. The van der Waals surface area contributed by atoms with Crippen LogP contribution in [0, 0.1) is 0 Å². The lowest BCUT2D eigenvalue weighted by Crippen LogP contribution is -2.42. The third-order valence-electron chi connectivity index (χ3n) is 7.73. The zero-order valence-electron chi connectivity index (χ0n) is 25.9. The Balaban J connectivity index is 0.000000591. The van der Waals surface area contributed by atoms with Crippen molar-refractivity contribution in [3.8, 4) is 11.1 Å². The van der Waals surface area contributed by atoms with E-state index in [1.807, 2.05) is 90.7 Å². The van der Waals surface area contributed by atoms with Gasteiger partial charge in [-0.3, -0.25) is 14.6 Å². The van der Waals surface area contributed by atoms with Gasteiger partial charge in [-0.25, -0.2) is 0 Å². The van der Waals surface area contributed by atoms with Crippen molar-refractivity contribution in [3.05, 3.63) is 132 Å². The minimum Gasteiger partial charge on any atom is -0.370 e. The van der Waals surface area contributed by atoms with Gasteiger partial charge in [0.05, 0.1) is 6.54 Å². The molecule has 6 N–H and O–H groups in total. The van der Waals surface area contributed by atoms with Crippen molar-refractivity contribution in [1.82, 2.24) is 15.5 Å². The number of rotatable bonds is 10. The van der Waals surface area contributed by atoms with Gasteiger partial charge in [-0.05, 0) is 47.2 Å². The third kappa shape index (κ3) is 10.3. The van der Waals surface area contributed by atoms with E-state index < -0.39 is 0 Å². The minimum atomic E-state index is -0.105. The molecule has 1 aliphatic rings. The summed E-state index contributed by atoms with van der Waals surface area (Å²) in [5.74, 6) is 0.276. The molecule has 234 valence electrons. The van der Waals surface area contributed by atoms with Crippen LogP contribution in [-0.2, 0) is 4.79 Å². The lowest BCUT2D eigenvalue weighted by atomic mass is 9.90. The molecule has 2 amide bonds. The average molecular weight is 605 g/mol. The number of guanidine groups is 1. The summed E-state index contributed by atoms with van der Waals surface area (Å²) in [6.45, 7) is 4.77. The van der Waals surface area contributed by atoms with Crippen molar-refractivity contribution < 1.29 is 9.59 Å². The Bertz CT molecular complexity index is 1450. The van der Waals surface area contributed by atoms with Crippen LogP contribution in [0.2, 0.25) is 0 Å². The molecule has 0 aromatic heterocycles. The van der Waals surface area contributed by atoms with Crippen LogP contribution in [0.4, 0.5) is 0 Å². The Morgan fingerprint density at radius 1 is 0.867 bits per heavy atom. The van der Waals surface area contributed by atoms with E-state index in [2.05, 4.69) is 52.0 Å². The number of carbonyl (C=O) groups excluding carboxylic acids is 2. The Morgan fingerprint density at radius 2 is 1.42 bits per heavy atom. The number of benzene rings is 4. The summed E-state index contributed by atoms with van der Waals surface area (Å²) in [5, 5.41) is 6.39. The summed E-state index contributed by atoms with van der Waals surface area (Å²) < 4.78 is 0. The molecular formula is C37H44N6O2. The topological polar surface area (TPSA) is 126 Å². The Labute approximate surface area is 266 Å². The van der Waals surface area contributed by atoms with Crippen molar-refractivity contribution in [2.45, 2.75) is 31.7 Å². The summed E-state index contributed by atoms with van der Waals surface area (Å²) in [7, 11) is 0. The van der Waals surface area contributed by atoms with E-state index in [9.17, 15) is 9.59 Å². The first kappa shape index (κ1) is 33.0. The van der Waals surface area contributed by atoms with E-state index in [0.29, 0.717) is 25.2 Å². The Hall–Kier alpha value is -4.95. The highest BCUT2D eigenvalue weighted by Crippen LogP contribution is 2.26. The highest BCUT2D eigenvalue weighted by Gasteiger charge is 2.26. The van der Waals surface area contributed by atoms with E-state index in [0.717, 1.165) is 30.5 Å². The number of hydrogen-bond acceptors (Lipinski definition) is 4. The number of nitrogens with two attached hydrogens (primary N) is 2. The summed E-state index contributed by atoms with van der Waals surface area (Å²) in [4.78, 5) is 31.5. The van der Waals surface area contributed by atoms with Gasteiger partial charge in [-0.1, -0.05) is 110 Å². The molecule has 1 saturated heterocycles. The average Bonchev–Trinajstić information content (AvgIpc) is 3.27. The first-order valence-electron chi connectivity index (χ1n) is 15.5. The van der Waals surface area contributed by atoms with Crippen LogP contribution in [0.3, 0.4) is 0 Å². The molecule has 1 unspecified atom stereocenters. The van der Waals surface area contributed by atoms with Crippen molar-refractivity contribution in [2.75, 3.05) is 32.7 Å². The van der Waals surface area contributed by atoms with Crippen LogP contribution in [0.1, 0.15) is 47.2 Å². The maximum absolute atomic E-state index is 13.0. The van der Waals surface area contributed by atoms with Crippen LogP contribution in [0.15, 0.2) is 120 Å². The van der Waals surface area contributed by atoms with Gasteiger partial charge in [0.2, 0.25) is 5.91 Å². The van der Waals surface area contributed by atoms with E-state index in [1.54, 1.807) is 0 Å². The molecule has 0 saturated carbocycles. The first-order valence-corrected chi connectivity index (χ1v) is 15.5. The molecule has 0 radical (unpaired) electrons. The lowest BCUT2D eigenvalue weighted by molar-refractivity contribution is -0.129. The first-order chi connectivity index (χ1) is 21.9. The van der Waals surface area contributed by atoms with Crippen molar-refractivity contribution in [2.24, 2.45) is 16.5 Å². The molecular weight excluding hydrogens is 560 g/mol. The maximum Gasteiger partial charge on any atom is 0.251 e. The van der Waals surface area contributed by atoms with Gasteiger partial charge >= 0.3 is 0 Å². The molecule has 1 atom stereocenters. The van der Waals surface area contributed by atoms with Gasteiger partial charge in [-0.15, -0.1) is 0 Å². The predicted molar refractivity (Wildman–Crippen MR) is 183 cm³/mol. The van der Waals surface area contributed by atoms with E-state index in [1.165, 1.54) is 11.1 Å². The summed E-state index contributed by atoms with van der Waals surface area (Å²) >= 11 is 0. The fourth-order valence-electron chi connectivity index (χ4n) is 5.25. The molecule has 0 spiro atoms. The van der Waals surface area contributed by atoms with E-state index >= 15 is 0 Å². The smallest absolute Gasteiger partial charge is 0.251 e. The summed E-state index contributed by atoms with van der Waals surface area (Å²) in [6.07, 6.45) is 1.77. The zero-order valence-corrected chi connectivity index (χ0v) is 25.9. The van der Waals surface area contributed by atoms with Gasteiger partial charge < -0.3 is 27.0 Å². The monoisotopic (exact) mass is 604 g/mol. The molecule has 8 nitrogen and oxygen atoms in total. The van der Waals surface area contributed by atoms with Crippen LogP contribution in [0.5, 0.6) is 0 Å². The molecule has 4 aromatic rings. The number of nitrogens with zero attached hydrogens (tertiary/aromatic N) is 2. The quantitative estimate of drug-likeness (QED) is 0.153.